The molecule has 1 fully saturated rings. The van der Waals surface area contributed by atoms with Crippen molar-refractivity contribution >= 4 is 11.9 Å². The van der Waals surface area contributed by atoms with Gasteiger partial charge in [-0.1, -0.05) is 19.3 Å². The Hall–Kier alpha value is -1.10. The van der Waals surface area contributed by atoms with Crippen LogP contribution in [0.5, 0.6) is 0 Å². The van der Waals surface area contributed by atoms with Crippen molar-refractivity contribution in [3.05, 3.63) is 0 Å². The van der Waals surface area contributed by atoms with E-state index in [1.165, 1.54) is 7.11 Å². The van der Waals surface area contributed by atoms with Gasteiger partial charge in [0, 0.05) is 0 Å². The first-order valence-corrected chi connectivity index (χ1v) is 5.67. The second kappa shape index (κ2) is 5.30. The van der Waals surface area contributed by atoms with E-state index in [2.05, 4.69) is 10.1 Å². The molecule has 0 aromatic rings. The average Bonchev–Trinajstić information content (AvgIpc) is 2.28. The van der Waals surface area contributed by atoms with Crippen molar-refractivity contribution in [3.8, 4) is 0 Å². The normalized spacial score (nSPS) is 20.9. The summed E-state index contributed by atoms with van der Waals surface area (Å²) in [5, 5.41) is 2.60. The summed E-state index contributed by atoms with van der Waals surface area (Å²) < 4.78 is 4.54. The molecule has 0 bridgehead atoms. The molecule has 92 valence electrons. The van der Waals surface area contributed by atoms with E-state index in [0.29, 0.717) is 12.8 Å². The maximum Gasteiger partial charge on any atom is 0.328 e. The minimum Gasteiger partial charge on any atom is -0.467 e. The van der Waals surface area contributed by atoms with Crippen LogP contribution in [0.4, 0.5) is 0 Å². The lowest BCUT2D eigenvalue weighted by Crippen LogP contribution is -2.57. The van der Waals surface area contributed by atoms with Gasteiger partial charge in [0.1, 0.15) is 6.04 Å². The number of hydrogen-bond acceptors (Lipinski definition) is 4. The van der Waals surface area contributed by atoms with E-state index in [9.17, 15) is 9.59 Å². The van der Waals surface area contributed by atoms with Crippen LogP contribution < -0.4 is 11.1 Å². The number of nitrogens with two attached hydrogens (primary N) is 1. The molecule has 1 rings (SSSR count). The van der Waals surface area contributed by atoms with Gasteiger partial charge in [-0.15, -0.1) is 0 Å². The largest absolute Gasteiger partial charge is 0.467 e. The van der Waals surface area contributed by atoms with Crippen molar-refractivity contribution < 1.29 is 14.3 Å². The molecule has 5 heteroatoms. The number of carbonyl (C=O) groups is 2. The van der Waals surface area contributed by atoms with E-state index in [0.717, 1.165) is 19.3 Å². The predicted molar refractivity (Wildman–Crippen MR) is 59.6 cm³/mol. The molecule has 1 atom stereocenters. The molecular weight excluding hydrogens is 208 g/mol. The maximum atomic E-state index is 11.9. The van der Waals surface area contributed by atoms with Crippen LogP contribution in [0.25, 0.3) is 0 Å². The van der Waals surface area contributed by atoms with Gasteiger partial charge in [-0.2, -0.15) is 0 Å². The molecule has 0 heterocycles. The van der Waals surface area contributed by atoms with E-state index in [4.69, 9.17) is 5.73 Å². The molecule has 0 aromatic heterocycles. The van der Waals surface area contributed by atoms with Crippen molar-refractivity contribution in [1.82, 2.24) is 5.32 Å². The summed E-state index contributed by atoms with van der Waals surface area (Å²) in [5.74, 6) is -0.696. The third-order valence-corrected chi connectivity index (χ3v) is 3.10. The first-order chi connectivity index (χ1) is 7.49. The first-order valence-electron chi connectivity index (χ1n) is 5.67. The predicted octanol–water partition coefficient (Wildman–Crippen LogP) is 0.326. The fraction of sp³-hybridized carbons (Fsp3) is 0.818. The SMILES string of the molecule is COC(=O)C(C)NC(=O)C1(N)CCCCC1. The standard InChI is InChI=1S/C11H20N2O3/c1-8(9(14)16-2)13-10(15)11(12)6-4-3-5-7-11/h8H,3-7,12H2,1-2H3,(H,13,15). The molecule has 0 radical (unpaired) electrons. The molecule has 0 spiro atoms. The number of rotatable bonds is 3. The van der Waals surface area contributed by atoms with Gasteiger partial charge in [-0.3, -0.25) is 4.79 Å². The quantitative estimate of drug-likeness (QED) is 0.682. The van der Waals surface area contributed by atoms with Gasteiger partial charge in [-0.05, 0) is 19.8 Å². The highest BCUT2D eigenvalue weighted by Gasteiger charge is 2.36. The molecule has 3 N–H and O–H groups in total. The van der Waals surface area contributed by atoms with Crippen LogP contribution >= 0.6 is 0 Å². The minimum atomic E-state index is -0.805. The topological polar surface area (TPSA) is 81.4 Å². The number of methoxy groups -OCH3 is 1. The highest BCUT2D eigenvalue weighted by atomic mass is 16.5. The van der Waals surface area contributed by atoms with Crippen molar-refractivity contribution in [2.75, 3.05) is 7.11 Å². The molecule has 1 aliphatic rings. The Morgan fingerprint density at radius 3 is 2.38 bits per heavy atom. The van der Waals surface area contributed by atoms with Crippen molar-refractivity contribution in [2.45, 2.75) is 50.6 Å². The second-order valence-corrected chi connectivity index (χ2v) is 4.44. The van der Waals surface area contributed by atoms with Crippen LogP contribution in [0, 0.1) is 0 Å². The number of carbonyl (C=O) groups excluding carboxylic acids is 2. The zero-order valence-corrected chi connectivity index (χ0v) is 9.91. The smallest absolute Gasteiger partial charge is 0.328 e. The summed E-state index contributed by atoms with van der Waals surface area (Å²) in [6, 6.07) is -0.639. The lowest BCUT2D eigenvalue weighted by Gasteiger charge is -2.32. The molecule has 0 aromatic carbocycles. The maximum absolute atomic E-state index is 11.9. The van der Waals surface area contributed by atoms with Gasteiger partial charge in [-0.25, -0.2) is 4.79 Å². The van der Waals surface area contributed by atoms with Crippen LogP contribution in [-0.4, -0.2) is 30.6 Å². The van der Waals surface area contributed by atoms with E-state index >= 15 is 0 Å². The monoisotopic (exact) mass is 228 g/mol. The van der Waals surface area contributed by atoms with Crippen LogP contribution in [0.1, 0.15) is 39.0 Å². The van der Waals surface area contributed by atoms with Gasteiger partial charge in [0.05, 0.1) is 12.6 Å². The van der Waals surface area contributed by atoms with E-state index in [1.54, 1.807) is 6.92 Å². The van der Waals surface area contributed by atoms with Crippen LogP contribution in [-0.2, 0) is 14.3 Å². The number of hydrogen-bond donors (Lipinski definition) is 2. The third-order valence-electron chi connectivity index (χ3n) is 3.10. The second-order valence-electron chi connectivity index (χ2n) is 4.44. The number of ether oxygens (including phenoxy) is 1. The van der Waals surface area contributed by atoms with E-state index in [-0.39, 0.29) is 5.91 Å². The van der Waals surface area contributed by atoms with Crippen molar-refractivity contribution in [2.24, 2.45) is 5.73 Å². The summed E-state index contributed by atoms with van der Waals surface area (Å²) in [6.45, 7) is 1.59. The van der Waals surface area contributed by atoms with Gasteiger partial charge >= 0.3 is 5.97 Å². The van der Waals surface area contributed by atoms with Gasteiger partial charge in [0.2, 0.25) is 5.91 Å². The number of esters is 1. The van der Waals surface area contributed by atoms with Crippen molar-refractivity contribution in [1.29, 1.82) is 0 Å². The van der Waals surface area contributed by atoms with E-state index in [1.807, 2.05) is 0 Å². The fourth-order valence-corrected chi connectivity index (χ4v) is 1.99. The van der Waals surface area contributed by atoms with Crippen molar-refractivity contribution in [3.63, 3.8) is 0 Å². The summed E-state index contributed by atoms with van der Waals surface area (Å²) in [4.78, 5) is 23.1. The molecule has 1 unspecified atom stereocenters. The van der Waals surface area contributed by atoms with Crippen LogP contribution in [0.15, 0.2) is 0 Å². The lowest BCUT2D eigenvalue weighted by atomic mass is 9.82. The van der Waals surface area contributed by atoms with Crippen LogP contribution in [0.2, 0.25) is 0 Å². The number of amides is 1. The Labute approximate surface area is 95.7 Å². The molecule has 0 aliphatic heterocycles. The summed E-state index contributed by atoms with van der Waals surface area (Å²) in [6.07, 6.45) is 4.44. The molecule has 0 saturated heterocycles. The number of nitrogens with one attached hydrogen (secondary N) is 1. The minimum absolute atomic E-state index is 0.245. The summed E-state index contributed by atoms with van der Waals surface area (Å²) in [7, 11) is 1.30. The molecule has 1 saturated carbocycles. The highest BCUT2D eigenvalue weighted by Crippen LogP contribution is 2.26. The zero-order valence-electron chi connectivity index (χ0n) is 9.91. The molecule has 16 heavy (non-hydrogen) atoms. The lowest BCUT2D eigenvalue weighted by molar-refractivity contribution is -0.145. The third kappa shape index (κ3) is 2.95. The zero-order chi connectivity index (χ0) is 12.2. The summed E-state index contributed by atoms with van der Waals surface area (Å²) >= 11 is 0. The molecule has 5 nitrogen and oxygen atoms in total. The van der Waals surface area contributed by atoms with Crippen LogP contribution in [0.3, 0.4) is 0 Å². The highest BCUT2D eigenvalue weighted by molar-refractivity contribution is 5.90. The molecule has 1 amide bonds. The van der Waals surface area contributed by atoms with Gasteiger partial charge in [0.25, 0.3) is 0 Å². The first kappa shape index (κ1) is 13.0. The Bertz CT molecular complexity index is 272. The Kier molecular flexibility index (Phi) is 4.29. The fourth-order valence-electron chi connectivity index (χ4n) is 1.99. The summed E-state index contributed by atoms with van der Waals surface area (Å²) in [5.41, 5.74) is 5.22. The average molecular weight is 228 g/mol. The van der Waals surface area contributed by atoms with Gasteiger partial charge in [0.15, 0.2) is 0 Å². The van der Waals surface area contributed by atoms with Gasteiger partial charge < -0.3 is 15.8 Å². The van der Waals surface area contributed by atoms with E-state index < -0.39 is 17.6 Å². The molecular formula is C11H20N2O3. The Morgan fingerprint density at radius 2 is 1.88 bits per heavy atom. The Balaban J connectivity index is 2.53. The Morgan fingerprint density at radius 1 is 1.31 bits per heavy atom. The molecule has 1 aliphatic carbocycles.